The van der Waals surface area contributed by atoms with E-state index in [4.69, 9.17) is 0 Å². The Morgan fingerprint density at radius 3 is 0.554 bits per heavy atom. The predicted molar refractivity (Wildman–Crippen MR) is 279 cm³/mol. The molecule has 0 spiro atoms. The third kappa shape index (κ3) is 65.0. The largest absolute Gasteiger partial charge is 2.00 e. The van der Waals surface area contributed by atoms with Crippen molar-refractivity contribution >= 4 is 58.5 Å². The molecule has 0 aromatic rings. The Morgan fingerprint density at radius 1 is 0.277 bits per heavy atom. The van der Waals surface area contributed by atoms with Crippen molar-refractivity contribution in [3.63, 3.8) is 0 Å². The third-order valence-electron chi connectivity index (χ3n) is 13.3. The molecule has 0 bridgehead atoms. The van der Waals surface area contributed by atoms with Crippen LogP contribution < -0.4 is 0 Å². The van der Waals surface area contributed by atoms with Gasteiger partial charge >= 0.3 is 37.7 Å². The first-order chi connectivity index (χ1) is 31.0. The minimum atomic E-state index is -4.57. The zero-order chi connectivity index (χ0) is 47.5. The third-order valence-corrected chi connectivity index (χ3v) is 14.1. The summed E-state index contributed by atoms with van der Waals surface area (Å²) in [6.07, 6.45) is 58.8. The Balaban J connectivity index is -0.00000116. The molecule has 0 aliphatic rings. The summed E-state index contributed by atoms with van der Waals surface area (Å²) in [6.45, 7) is 9.15. The topological polar surface area (TPSA) is 133 Å². The van der Waals surface area contributed by atoms with Crippen molar-refractivity contribution in [3.05, 3.63) is 0 Å². The monoisotopic (exact) mass is 991 g/mol. The van der Waals surface area contributed by atoms with E-state index in [1.165, 1.54) is 244 Å². The molecule has 2 atom stereocenters. The second-order valence-corrected chi connectivity index (χ2v) is 21.8. The molecule has 65 heavy (non-hydrogen) atoms. The van der Waals surface area contributed by atoms with Crippen molar-refractivity contribution in [1.82, 2.24) is 0 Å². The Kier molecular flexibility index (Phi) is 60.4. The van der Waals surface area contributed by atoms with E-state index in [-0.39, 0.29) is 62.8 Å². The second kappa shape index (κ2) is 55.9. The Morgan fingerprint density at radius 2 is 0.415 bits per heavy atom. The van der Waals surface area contributed by atoms with Gasteiger partial charge in [0.15, 0.2) is 0 Å². The zero-order valence-corrected chi connectivity index (χ0v) is 47.7. The number of unbranched alkanes of at least 4 members (excludes halogenated alkanes) is 38. The number of rotatable bonds is 52. The van der Waals surface area contributed by atoms with Crippen molar-refractivity contribution in [2.24, 2.45) is 11.8 Å². The summed E-state index contributed by atoms with van der Waals surface area (Å²) in [5, 5.41) is 0. The molecule has 0 rings (SSSR count). The van der Waals surface area contributed by atoms with Crippen molar-refractivity contribution < 1.29 is 34.3 Å². The average molecular weight is 992 g/mol. The van der Waals surface area contributed by atoms with Gasteiger partial charge < -0.3 is 9.11 Å². The Bertz CT molecular complexity index is 1020. The second-order valence-electron chi connectivity index (χ2n) is 19.7. The van der Waals surface area contributed by atoms with Gasteiger partial charge in [-0.1, -0.05) is 297 Å². The van der Waals surface area contributed by atoms with Gasteiger partial charge in [-0.25, -0.2) is 16.8 Å². The first kappa shape index (κ1) is 70.3. The van der Waals surface area contributed by atoms with Crippen molar-refractivity contribution in [3.8, 4) is 0 Å². The van der Waals surface area contributed by atoms with Gasteiger partial charge in [0.05, 0.1) is 13.2 Å². The minimum Gasteiger partial charge on any atom is -0.726 e. The molecule has 2 unspecified atom stereocenters. The molecule has 0 aromatic carbocycles. The standard InChI is InChI=1S/2C27H56O4S.Ca/c2*1-3-5-7-9-11-13-14-15-16-17-19-21-23-25-27(26-31-32(28,29)30)24-22-20-18-12-10-8-6-4-2;/h2*27H,3-26H2,1-2H3,(H,28,29,30);/q;;+2/p-2. The molecule has 0 radical (unpaired) electrons. The van der Waals surface area contributed by atoms with Crippen molar-refractivity contribution in [2.45, 2.75) is 323 Å². The van der Waals surface area contributed by atoms with E-state index in [9.17, 15) is 25.9 Å². The molecule has 0 saturated carbocycles. The van der Waals surface area contributed by atoms with Crippen molar-refractivity contribution in [1.29, 1.82) is 0 Å². The number of hydrogen-bond acceptors (Lipinski definition) is 8. The Hall–Kier alpha value is 1.000. The molecule has 0 aliphatic heterocycles. The molecule has 388 valence electrons. The molecule has 0 aliphatic carbocycles. The maximum Gasteiger partial charge on any atom is 2.00 e. The van der Waals surface area contributed by atoms with Crippen LogP contribution in [-0.4, -0.2) is 76.9 Å². The Labute approximate surface area is 437 Å². The van der Waals surface area contributed by atoms with Crippen LogP contribution in [0.2, 0.25) is 0 Å². The summed E-state index contributed by atoms with van der Waals surface area (Å²) < 4.78 is 74.3. The van der Waals surface area contributed by atoms with Gasteiger partial charge in [0.2, 0.25) is 20.8 Å². The zero-order valence-electron chi connectivity index (χ0n) is 43.9. The van der Waals surface area contributed by atoms with Crippen LogP contribution in [0.15, 0.2) is 0 Å². The van der Waals surface area contributed by atoms with Gasteiger partial charge in [0.25, 0.3) is 0 Å². The summed E-state index contributed by atoms with van der Waals surface area (Å²) in [5.41, 5.74) is 0. The quantitative estimate of drug-likeness (QED) is 0.0255. The van der Waals surface area contributed by atoms with E-state index in [1.807, 2.05) is 0 Å². The molecule has 0 N–H and O–H groups in total. The summed E-state index contributed by atoms with van der Waals surface area (Å²) >= 11 is 0. The van der Waals surface area contributed by atoms with Crippen LogP contribution in [0.3, 0.4) is 0 Å². The van der Waals surface area contributed by atoms with Crippen LogP contribution in [-0.2, 0) is 29.2 Å². The fourth-order valence-electron chi connectivity index (χ4n) is 9.02. The number of hydrogen-bond donors (Lipinski definition) is 0. The molecular formula is C54H110CaO8S2. The van der Waals surface area contributed by atoms with E-state index in [0.717, 1.165) is 51.4 Å². The fraction of sp³-hybridized carbons (Fsp3) is 1.00. The van der Waals surface area contributed by atoms with E-state index >= 15 is 0 Å². The van der Waals surface area contributed by atoms with Gasteiger partial charge in [0.1, 0.15) is 0 Å². The SMILES string of the molecule is CCCCCCCCCCCCCCCC(CCCCCCCCCC)COS(=O)(=O)[O-].CCCCCCCCCCCCCCCC(CCCCCCCCCC)COS(=O)(=O)[O-].[Ca+2]. The van der Waals surface area contributed by atoms with Gasteiger partial charge in [-0.15, -0.1) is 0 Å². The van der Waals surface area contributed by atoms with Gasteiger partial charge in [-0.2, -0.15) is 0 Å². The smallest absolute Gasteiger partial charge is 0.726 e. The van der Waals surface area contributed by atoms with Crippen LogP contribution in [0.25, 0.3) is 0 Å². The van der Waals surface area contributed by atoms with Crippen molar-refractivity contribution in [2.75, 3.05) is 13.2 Å². The fourth-order valence-corrected chi connectivity index (χ4v) is 9.73. The minimum absolute atomic E-state index is 0. The average Bonchev–Trinajstić information content (AvgIpc) is 3.26. The summed E-state index contributed by atoms with van der Waals surface area (Å²) in [5.74, 6) is 0.401. The summed E-state index contributed by atoms with van der Waals surface area (Å²) in [4.78, 5) is 0. The van der Waals surface area contributed by atoms with Gasteiger partial charge in [-0.3, -0.25) is 8.37 Å². The van der Waals surface area contributed by atoms with E-state index in [2.05, 4.69) is 36.1 Å². The summed E-state index contributed by atoms with van der Waals surface area (Å²) in [6, 6.07) is 0. The molecule has 11 heteroatoms. The molecule has 0 fully saturated rings. The van der Waals surface area contributed by atoms with Crippen LogP contribution in [0.5, 0.6) is 0 Å². The molecule has 0 amide bonds. The van der Waals surface area contributed by atoms with E-state index < -0.39 is 20.8 Å². The van der Waals surface area contributed by atoms with Crippen LogP contribution in [0.4, 0.5) is 0 Å². The predicted octanol–water partition coefficient (Wildman–Crippen LogP) is 17.8. The molecule has 8 nitrogen and oxygen atoms in total. The first-order valence-corrected chi connectivity index (χ1v) is 30.9. The van der Waals surface area contributed by atoms with Crippen LogP contribution in [0.1, 0.15) is 323 Å². The normalized spacial score (nSPS) is 12.8. The maximum atomic E-state index is 10.8. The molecule has 0 aromatic heterocycles. The van der Waals surface area contributed by atoms with E-state index in [1.54, 1.807) is 0 Å². The first-order valence-electron chi connectivity index (χ1n) is 28.2. The van der Waals surface area contributed by atoms with E-state index in [0.29, 0.717) is 0 Å². The maximum absolute atomic E-state index is 10.8. The molecule has 0 saturated heterocycles. The van der Waals surface area contributed by atoms with Gasteiger partial charge in [0, 0.05) is 0 Å². The van der Waals surface area contributed by atoms with Crippen LogP contribution >= 0.6 is 0 Å². The van der Waals surface area contributed by atoms with Gasteiger partial charge in [-0.05, 0) is 37.5 Å². The molecular weight excluding hydrogens is 881 g/mol. The van der Waals surface area contributed by atoms with Crippen LogP contribution in [0, 0.1) is 11.8 Å². The summed E-state index contributed by atoms with van der Waals surface area (Å²) in [7, 11) is -9.15. The molecule has 0 heterocycles.